The number of ether oxygens (including phenoxy) is 3. The third-order valence-electron chi connectivity index (χ3n) is 2.11. The van der Waals surface area contributed by atoms with Gasteiger partial charge in [-0.2, -0.15) is 0 Å². The minimum absolute atomic E-state index is 0.150. The zero-order chi connectivity index (χ0) is 13.8. The summed E-state index contributed by atoms with van der Waals surface area (Å²) in [6, 6.07) is -0.150. The van der Waals surface area contributed by atoms with Crippen LogP contribution in [0.1, 0.15) is 13.8 Å². The molecule has 0 unspecified atom stereocenters. The normalized spacial score (nSPS) is 12.2. The molecule has 0 radical (unpaired) electrons. The van der Waals surface area contributed by atoms with Crippen LogP contribution >= 0.6 is 22.6 Å². The zero-order valence-electron chi connectivity index (χ0n) is 10.7. The Morgan fingerprint density at radius 2 is 2.00 bits per heavy atom. The molecule has 0 aromatic heterocycles. The smallest absolute Gasteiger partial charge is 0.432 e. The number of hydrogen-bond donors (Lipinski definition) is 1. The van der Waals surface area contributed by atoms with E-state index in [9.17, 15) is 9.59 Å². The van der Waals surface area contributed by atoms with Crippen molar-refractivity contribution in [2.75, 3.05) is 31.0 Å². The third kappa shape index (κ3) is 9.60. The van der Waals surface area contributed by atoms with E-state index in [0.29, 0.717) is 19.8 Å². The van der Waals surface area contributed by atoms with Crippen molar-refractivity contribution in [3.63, 3.8) is 0 Å². The van der Waals surface area contributed by atoms with Crippen LogP contribution in [0.4, 0.5) is 4.79 Å². The summed E-state index contributed by atoms with van der Waals surface area (Å²) in [6.45, 7) is 5.46. The fourth-order valence-electron chi connectivity index (χ4n) is 1.11. The minimum Gasteiger partial charge on any atom is -0.432 e. The van der Waals surface area contributed by atoms with Crippen LogP contribution in [0.25, 0.3) is 0 Å². The lowest BCUT2D eigenvalue weighted by Crippen LogP contribution is -2.37. The lowest BCUT2D eigenvalue weighted by atomic mass is 10.1. The minimum atomic E-state index is -0.688. The average molecular weight is 373 g/mol. The molecule has 1 atom stereocenters. The van der Waals surface area contributed by atoms with Crippen molar-refractivity contribution in [3.05, 3.63) is 0 Å². The van der Waals surface area contributed by atoms with Crippen LogP contribution in [0.3, 0.4) is 0 Å². The van der Waals surface area contributed by atoms with Crippen molar-refractivity contribution in [2.24, 2.45) is 5.92 Å². The standard InChI is InChI=1S/C11H20INO5/c1-9(2)10(7-14)13-3-4-16-5-6-17-11(15)18-8-12/h7,9-10,13H,3-6,8H2,1-2H3/t10-/m0/s1. The summed E-state index contributed by atoms with van der Waals surface area (Å²) in [6.07, 6.45) is 0.209. The predicted octanol–water partition coefficient (Wildman–Crippen LogP) is 1.36. The molecule has 0 amide bonds. The SMILES string of the molecule is CC(C)[C@H](C=O)NCCOCCOC(=O)OCI. The number of rotatable bonds is 10. The Bertz CT molecular complexity index is 237. The summed E-state index contributed by atoms with van der Waals surface area (Å²) in [5.74, 6) is 0.258. The second-order valence-corrected chi connectivity index (χ2v) is 4.45. The highest BCUT2D eigenvalue weighted by Gasteiger charge is 2.10. The van der Waals surface area contributed by atoms with Crippen molar-refractivity contribution in [1.82, 2.24) is 5.32 Å². The maximum Gasteiger partial charge on any atom is 0.509 e. The van der Waals surface area contributed by atoms with Gasteiger partial charge in [-0.05, 0) is 28.5 Å². The molecule has 0 spiro atoms. The first-order valence-electron chi connectivity index (χ1n) is 5.73. The van der Waals surface area contributed by atoms with Gasteiger partial charge >= 0.3 is 6.16 Å². The maximum atomic E-state index is 10.8. The van der Waals surface area contributed by atoms with Crippen LogP contribution < -0.4 is 5.32 Å². The molecular weight excluding hydrogens is 353 g/mol. The molecule has 6 nitrogen and oxygen atoms in total. The van der Waals surface area contributed by atoms with Crippen LogP contribution in [-0.2, 0) is 19.0 Å². The molecule has 106 valence electrons. The lowest BCUT2D eigenvalue weighted by molar-refractivity contribution is -0.110. The fraction of sp³-hybridized carbons (Fsp3) is 0.818. The average Bonchev–Trinajstić information content (AvgIpc) is 2.32. The van der Waals surface area contributed by atoms with Gasteiger partial charge in [-0.3, -0.25) is 0 Å². The molecule has 0 rings (SSSR count). The predicted molar refractivity (Wildman–Crippen MR) is 74.8 cm³/mol. The van der Waals surface area contributed by atoms with Crippen LogP contribution in [0.15, 0.2) is 0 Å². The van der Waals surface area contributed by atoms with Crippen molar-refractivity contribution in [2.45, 2.75) is 19.9 Å². The van der Waals surface area contributed by atoms with Crippen molar-refractivity contribution < 1.29 is 23.8 Å². The Morgan fingerprint density at radius 1 is 1.28 bits per heavy atom. The maximum absolute atomic E-state index is 10.8. The Labute approximate surface area is 121 Å². The number of hydrogen-bond acceptors (Lipinski definition) is 6. The van der Waals surface area contributed by atoms with Crippen LogP contribution in [0.5, 0.6) is 0 Å². The first-order valence-corrected chi connectivity index (χ1v) is 7.26. The van der Waals surface area contributed by atoms with Gasteiger partial charge in [0, 0.05) is 6.54 Å². The van der Waals surface area contributed by atoms with E-state index in [1.165, 1.54) is 0 Å². The number of carbonyl (C=O) groups excluding carboxylic acids is 2. The van der Waals surface area contributed by atoms with Gasteiger partial charge in [-0.15, -0.1) is 0 Å². The Hall–Kier alpha value is -0.410. The van der Waals surface area contributed by atoms with E-state index in [1.807, 2.05) is 36.4 Å². The van der Waals surface area contributed by atoms with Crippen molar-refractivity contribution in [1.29, 1.82) is 0 Å². The molecule has 0 aromatic carbocycles. The Morgan fingerprint density at radius 3 is 2.56 bits per heavy atom. The topological polar surface area (TPSA) is 73.9 Å². The first kappa shape index (κ1) is 17.6. The monoisotopic (exact) mass is 373 g/mol. The third-order valence-corrected chi connectivity index (χ3v) is 2.42. The fourth-order valence-corrected chi connectivity index (χ4v) is 1.37. The first-order chi connectivity index (χ1) is 8.61. The summed E-state index contributed by atoms with van der Waals surface area (Å²) in [4.78, 5) is 21.5. The van der Waals surface area contributed by atoms with E-state index in [4.69, 9.17) is 9.47 Å². The summed E-state index contributed by atoms with van der Waals surface area (Å²) in [5.41, 5.74) is 0. The quantitative estimate of drug-likeness (QED) is 0.205. The van der Waals surface area contributed by atoms with Gasteiger partial charge in [0.25, 0.3) is 0 Å². The molecule has 7 heteroatoms. The summed E-state index contributed by atoms with van der Waals surface area (Å²) in [7, 11) is 0. The lowest BCUT2D eigenvalue weighted by Gasteiger charge is -2.15. The van der Waals surface area contributed by atoms with E-state index < -0.39 is 6.16 Å². The second kappa shape index (κ2) is 11.7. The van der Waals surface area contributed by atoms with Crippen LogP contribution in [-0.4, -0.2) is 49.5 Å². The molecule has 0 heterocycles. The van der Waals surface area contributed by atoms with E-state index in [2.05, 4.69) is 10.1 Å². The van der Waals surface area contributed by atoms with Crippen LogP contribution in [0, 0.1) is 5.92 Å². The molecule has 0 aliphatic heterocycles. The number of halogens is 1. The summed E-state index contributed by atoms with van der Waals surface area (Å²) < 4.78 is 14.8. The molecular formula is C11H20INO5. The Balaban J connectivity index is 3.35. The van der Waals surface area contributed by atoms with Crippen LogP contribution in [0.2, 0.25) is 0 Å². The molecule has 1 N–H and O–H groups in total. The molecule has 0 aliphatic carbocycles. The summed E-state index contributed by atoms with van der Waals surface area (Å²) in [5, 5.41) is 3.06. The van der Waals surface area contributed by atoms with Gasteiger partial charge in [0.1, 0.15) is 17.5 Å². The second-order valence-electron chi connectivity index (χ2n) is 3.82. The molecule has 0 aromatic rings. The van der Waals surface area contributed by atoms with Crippen molar-refractivity contribution in [3.8, 4) is 0 Å². The van der Waals surface area contributed by atoms with Crippen molar-refractivity contribution >= 4 is 35.0 Å². The number of aldehydes is 1. The molecule has 0 saturated carbocycles. The number of alkyl halides is 1. The summed E-state index contributed by atoms with van der Waals surface area (Å²) >= 11 is 1.91. The van der Waals surface area contributed by atoms with Gasteiger partial charge in [-0.25, -0.2) is 4.79 Å². The largest absolute Gasteiger partial charge is 0.509 e. The van der Waals surface area contributed by atoms with E-state index in [1.54, 1.807) is 0 Å². The molecule has 0 bridgehead atoms. The van der Waals surface area contributed by atoms with Gasteiger partial charge < -0.3 is 24.3 Å². The number of nitrogens with one attached hydrogen (secondary N) is 1. The Kier molecular flexibility index (Phi) is 11.4. The molecule has 0 fully saturated rings. The van der Waals surface area contributed by atoms with Gasteiger partial charge in [0.05, 0.1) is 19.3 Å². The highest BCUT2D eigenvalue weighted by atomic mass is 127. The molecule has 0 saturated heterocycles. The highest BCUT2D eigenvalue weighted by molar-refractivity contribution is 14.1. The molecule has 0 aliphatic rings. The van der Waals surface area contributed by atoms with E-state index in [0.717, 1.165) is 6.29 Å². The highest BCUT2D eigenvalue weighted by Crippen LogP contribution is 1.97. The van der Waals surface area contributed by atoms with Gasteiger partial charge in [0.2, 0.25) is 0 Å². The van der Waals surface area contributed by atoms with E-state index in [-0.39, 0.29) is 23.2 Å². The van der Waals surface area contributed by atoms with Gasteiger partial charge in [-0.1, -0.05) is 13.8 Å². The zero-order valence-corrected chi connectivity index (χ0v) is 12.8. The van der Waals surface area contributed by atoms with E-state index >= 15 is 0 Å². The number of carbonyl (C=O) groups is 2. The molecule has 18 heavy (non-hydrogen) atoms. The van der Waals surface area contributed by atoms with Gasteiger partial charge in [0.15, 0.2) is 0 Å².